The number of anilines is 1. The number of hydrogen-bond donors (Lipinski definition) is 1. The second kappa shape index (κ2) is 10.5. The van der Waals surface area contributed by atoms with Gasteiger partial charge in [0.1, 0.15) is 18.2 Å². The molecule has 4 rings (SSSR count). The van der Waals surface area contributed by atoms with Crippen LogP contribution >= 0.6 is 11.6 Å². The van der Waals surface area contributed by atoms with Gasteiger partial charge < -0.3 is 10.2 Å². The highest BCUT2D eigenvalue weighted by molar-refractivity contribution is 6.30. The van der Waals surface area contributed by atoms with Gasteiger partial charge in [-0.2, -0.15) is 5.10 Å². The molecule has 0 saturated heterocycles. The summed E-state index contributed by atoms with van der Waals surface area (Å²) in [6, 6.07) is 23.4. The Balaban J connectivity index is 1.60. The number of aromatic nitrogens is 2. The minimum atomic E-state index is -0.385. The number of rotatable bonds is 7. The highest BCUT2D eigenvalue weighted by Gasteiger charge is 2.23. The molecular formula is C27H24ClFN4O2. The highest BCUT2D eigenvalue weighted by atomic mass is 35.5. The van der Waals surface area contributed by atoms with Crippen molar-refractivity contribution in [2.45, 2.75) is 19.9 Å². The average molecular weight is 491 g/mol. The van der Waals surface area contributed by atoms with Crippen LogP contribution < -0.4 is 5.32 Å². The number of nitrogens with one attached hydrogen (secondary N) is 1. The van der Waals surface area contributed by atoms with E-state index in [-0.39, 0.29) is 30.2 Å². The van der Waals surface area contributed by atoms with E-state index < -0.39 is 0 Å². The fourth-order valence-electron chi connectivity index (χ4n) is 3.58. The third-order valence-corrected chi connectivity index (χ3v) is 5.66. The van der Waals surface area contributed by atoms with Crippen molar-refractivity contribution in [3.05, 3.63) is 101 Å². The number of carbonyl (C=O) groups excluding carboxylic acids is 2. The van der Waals surface area contributed by atoms with Crippen molar-refractivity contribution in [3.63, 3.8) is 0 Å². The molecule has 1 N–H and O–H groups in total. The Hall–Kier alpha value is -3.97. The molecule has 4 aromatic rings. The maximum atomic E-state index is 13.5. The van der Waals surface area contributed by atoms with E-state index in [0.29, 0.717) is 27.8 Å². The molecule has 0 fully saturated rings. The maximum Gasteiger partial charge on any atom is 0.254 e. The third-order valence-electron chi connectivity index (χ3n) is 5.41. The molecule has 0 atom stereocenters. The van der Waals surface area contributed by atoms with Gasteiger partial charge in [-0.05, 0) is 62.4 Å². The van der Waals surface area contributed by atoms with Gasteiger partial charge in [0.2, 0.25) is 5.91 Å². The fourth-order valence-corrected chi connectivity index (χ4v) is 3.71. The first-order valence-electron chi connectivity index (χ1n) is 11.1. The van der Waals surface area contributed by atoms with Crippen LogP contribution in [0.5, 0.6) is 0 Å². The Labute approximate surface area is 208 Å². The number of benzene rings is 3. The summed E-state index contributed by atoms with van der Waals surface area (Å²) in [6.45, 7) is 3.53. The Morgan fingerprint density at radius 2 is 1.66 bits per heavy atom. The minimum Gasteiger partial charge on any atom is -0.327 e. The molecule has 0 bridgehead atoms. The van der Waals surface area contributed by atoms with Crippen LogP contribution in [0.25, 0.3) is 16.9 Å². The van der Waals surface area contributed by atoms with Crippen molar-refractivity contribution in [1.29, 1.82) is 0 Å². The summed E-state index contributed by atoms with van der Waals surface area (Å²) in [6.07, 6.45) is 0. The first kappa shape index (κ1) is 24.2. The van der Waals surface area contributed by atoms with Crippen LogP contribution in [0.3, 0.4) is 0 Å². The lowest BCUT2D eigenvalue weighted by Gasteiger charge is -2.26. The topological polar surface area (TPSA) is 67.2 Å². The lowest BCUT2D eigenvalue weighted by molar-refractivity contribution is -0.117. The number of nitrogens with zero attached hydrogens (tertiary/aromatic N) is 3. The fraction of sp³-hybridized carbons (Fsp3) is 0.148. The number of amides is 2. The summed E-state index contributed by atoms with van der Waals surface area (Å²) >= 11 is 5.94. The monoisotopic (exact) mass is 490 g/mol. The standard InChI is InChI=1S/C27H24ClFN4O2/c1-18(2)32(27(35)20-8-10-21(28)11-9-20)17-26(34)30-25-16-24(19-6-4-3-5-7-19)31-33(25)23-14-12-22(29)13-15-23/h3-16,18H,17H2,1-2H3,(H,30,34). The maximum absolute atomic E-state index is 13.5. The molecule has 1 heterocycles. The van der Waals surface area contributed by atoms with Crippen molar-refractivity contribution in [1.82, 2.24) is 14.7 Å². The SMILES string of the molecule is CC(C)N(CC(=O)Nc1cc(-c2ccccc2)nn1-c1ccc(F)cc1)C(=O)c1ccc(Cl)cc1. The van der Waals surface area contributed by atoms with Crippen molar-refractivity contribution in [2.24, 2.45) is 0 Å². The molecule has 0 radical (unpaired) electrons. The number of halogens is 2. The molecule has 0 aliphatic heterocycles. The number of carbonyl (C=O) groups is 2. The van der Waals surface area contributed by atoms with Crippen LogP contribution in [-0.4, -0.2) is 39.1 Å². The van der Waals surface area contributed by atoms with Crippen molar-refractivity contribution >= 4 is 29.2 Å². The quantitative estimate of drug-likeness (QED) is 0.355. The molecule has 8 heteroatoms. The molecule has 0 saturated carbocycles. The Bertz CT molecular complexity index is 1320. The van der Waals surface area contributed by atoms with Crippen molar-refractivity contribution in [2.75, 3.05) is 11.9 Å². The zero-order chi connectivity index (χ0) is 24.9. The smallest absolute Gasteiger partial charge is 0.254 e. The van der Waals surface area contributed by atoms with E-state index in [2.05, 4.69) is 10.4 Å². The van der Waals surface area contributed by atoms with E-state index in [9.17, 15) is 14.0 Å². The van der Waals surface area contributed by atoms with Gasteiger partial charge in [-0.25, -0.2) is 9.07 Å². The van der Waals surface area contributed by atoms with E-state index in [0.717, 1.165) is 5.56 Å². The van der Waals surface area contributed by atoms with Gasteiger partial charge in [-0.1, -0.05) is 41.9 Å². The van der Waals surface area contributed by atoms with Gasteiger partial charge in [0.05, 0.1) is 11.4 Å². The van der Waals surface area contributed by atoms with Crippen LogP contribution in [0.4, 0.5) is 10.2 Å². The summed E-state index contributed by atoms with van der Waals surface area (Å²) in [4.78, 5) is 27.6. The van der Waals surface area contributed by atoms with Gasteiger partial charge in [0.25, 0.3) is 5.91 Å². The molecule has 1 aromatic heterocycles. The molecule has 3 aromatic carbocycles. The molecule has 178 valence electrons. The first-order chi connectivity index (χ1) is 16.8. The summed E-state index contributed by atoms with van der Waals surface area (Å²) in [5.74, 6) is -0.626. The second-order valence-electron chi connectivity index (χ2n) is 8.25. The van der Waals surface area contributed by atoms with E-state index in [1.807, 2.05) is 44.2 Å². The van der Waals surface area contributed by atoms with Crippen LogP contribution in [0.2, 0.25) is 5.02 Å². The third kappa shape index (κ3) is 5.75. The van der Waals surface area contributed by atoms with Crippen LogP contribution in [-0.2, 0) is 4.79 Å². The molecule has 0 unspecified atom stereocenters. The van der Waals surface area contributed by atoms with Crippen molar-refractivity contribution in [3.8, 4) is 16.9 Å². The lowest BCUT2D eigenvalue weighted by atomic mass is 10.1. The summed E-state index contributed by atoms with van der Waals surface area (Å²) in [5, 5.41) is 8.02. The first-order valence-corrected chi connectivity index (χ1v) is 11.5. The Kier molecular flexibility index (Phi) is 7.27. The molecule has 0 aliphatic carbocycles. The molecule has 35 heavy (non-hydrogen) atoms. The predicted octanol–water partition coefficient (Wildman–Crippen LogP) is 5.82. The summed E-state index contributed by atoms with van der Waals surface area (Å²) in [5.41, 5.74) is 2.54. The van der Waals surface area contributed by atoms with Gasteiger partial charge in [0.15, 0.2) is 0 Å². The van der Waals surface area contributed by atoms with Crippen LogP contribution in [0.1, 0.15) is 24.2 Å². The molecule has 2 amide bonds. The molecule has 6 nitrogen and oxygen atoms in total. The number of hydrogen-bond acceptors (Lipinski definition) is 3. The van der Waals surface area contributed by atoms with E-state index in [4.69, 9.17) is 11.6 Å². The van der Waals surface area contributed by atoms with Crippen LogP contribution in [0, 0.1) is 5.82 Å². The van der Waals surface area contributed by atoms with Crippen molar-refractivity contribution < 1.29 is 14.0 Å². The minimum absolute atomic E-state index is 0.158. The Morgan fingerprint density at radius 3 is 2.29 bits per heavy atom. The van der Waals surface area contributed by atoms with Gasteiger partial charge >= 0.3 is 0 Å². The second-order valence-corrected chi connectivity index (χ2v) is 8.69. The summed E-state index contributed by atoms with van der Waals surface area (Å²) < 4.78 is 15.0. The molecule has 0 spiro atoms. The van der Waals surface area contributed by atoms with E-state index in [1.165, 1.54) is 17.0 Å². The molecular weight excluding hydrogens is 467 g/mol. The predicted molar refractivity (Wildman–Crippen MR) is 135 cm³/mol. The molecule has 0 aliphatic rings. The average Bonchev–Trinajstić information content (AvgIpc) is 3.27. The van der Waals surface area contributed by atoms with E-state index in [1.54, 1.807) is 47.1 Å². The summed E-state index contributed by atoms with van der Waals surface area (Å²) in [7, 11) is 0. The largest absolute Gasteiger partial charge is 0.327 e. The normalized spacial score (nSPS) is 10.9. The Morgan fingerprint density at radius 1 is 1.00 bits per heavy atom. The van der Waals surface area contributed by atoms with Gasteiger partial charge in [0, 0.05) is 28.3 Å². The van der Waals surface area contributed by atoms with Gasteiger partial charge in [-0.15, -0.1) is 0 Å². The highest BCUT2D eigenvalue weighted by Crippen LogP contribution is 2.25. The lowest BCUT2D eigenvalue weighted by Crippen LogP contribution is -2.42. The van der Waals surface area contributed by atoms with Gasteiger partial charge in [-0.3, -0.25) is 9.59 Å². The van der Waals surface area contributed by atoms with E-state index >= 15 is 0 Å². The zero-order valence-electron chi connectivity index (χ0n) is 19.3. The van der Waals surface area contributed by atoms with Crippen LogP contribution in [0.15, 0.2) is 84.9 Å². The zero-order valence-corrected chi connectivity index (χ0v) is 20.0.